The fourth-order valence-corrected chi connectivity index (χ4v) is 3.95. The molecule has 1 fully saturated rings. The summed E-state index contributed by atoms with van der Waals surface area (Å²) >= 11 is 0. The summed E-state index contributed by atoms with van der Waals surface area (Å²) in [6.45, 7) is 3.67. The van der Waals surface area contributed by atoms with Gasteiger partial charge in [0, 0.05) is 22.4 Å². The number of rotatable bonds is 7. The zero-order chi connectivity index (χ0) is 27.3. The first kappa shape index (κ1) is 28.4. The summed E-state index contributed by atoms with van der Waals surface area (Å²) in [5.74, 6) is 9.88. The van der Waals surface area contributed by atoms with Gasteiger partial charge in [0.1, 0.15) is 6.04 Å². The van der Waals surface area contributed by atoms with Crippen molar-refractivity contribution in [3.63, 3.8) is 0 Å². The average Bonchev–Trinajstić information content (AvgIpc) is 3.18. The van der Waals surface area contributed by atoms with Crippen LogP contribution >= 0.6 is 0 Å². The van der Waals surface area contributed by atoms with Crippen LogP contribution in [-0.2, 0) is 9.59 Å². The molecule has 0 aliphatic carbocycles. The first-order valence-corrected chi connectivity index (χ1v) is 12.5. The van der Waals surface area contributed by atoms with Gasteiger partial charge < -0.3 is 15.7 Å². The summed E-state index contributed by atoms with van der Waals surface area (Å²) in [4.78, 5) is 38.4. The SMILES string of the molecule is CC(O)C(NC(=O)c1ccc(C#CC#Cc2ccc(NC(=O)CN3CCCCCC3)cc2)cc1)C(=O)NO. The van der Waals surface area contributed by atoms with Gasteiger partial charge in [-0.05, 0) is 93.2 Å². The smallest absolute Gasteiger partial charge is 0.268 e. The fraction of sp³-hybridized carbons (Fsp3) is 0.345. The molecule has 2 atom stereocenters. The Kier molecular flexibility index (Phi) is 10.9. The topological polar surface area (TPSA) is 131 Å². The minimum Gasteiger partial charge on any atom is -0.391 e. The van der Waals surface area contributed by atoms with E-state index < -0.39 is 24.0 Å². The first-order valence-electron chi connectivity index (χ1n) is 12.5. The van der Waals surface area contributed by atoms with Gasteiger partial charge in [-0.3, -0.25) is 24.5 Å². The number of hydroxylamine groups is 1. The molecule has 0 radical (unpaired) electrons. The number of nitrogens with zero attached hydrogens (tertiary/aromatic N) is 1. The highest BCUT2D eigenvalue weighted by Crippen LogP contribution is 2.12. The van der Waals surface area contributed by atoms with E-state index in [4.69, 9.17) is 5.21 Å². The van der Waals surface area contributed by atoms with E-state index in [1.54, 1.807) is 12.1 Å². The molecule has 0 saturated carbocycles. The largest absolute Gasteiger partial charge is 0.391 e. The Morgan fingerprint density at radius 2 is 1.45 bits per heavy atom. The molecule has 1 saturated heterocycles. The Bertz CT molecular complexity index is 1230. The van der Waals surface area contributed by atoms with Gasteiger partial charge in [0.25, 0.3) is 11.8 Å². The van der Waals surface area contributed by atoms with Crippen molar-refractivity contribution in [1.82, 2.24) is 15.7 Å². The van der Waals surface area contributed by atoms with E-state index >= 15 is 0 Å². The maximum Gasteiger partial charge on any atom is 0.268 e. The lowest BCUT2D eigenvalue weighted by Gasteiger charge is -2.19. The quantitative estimate of drug-likeness (QED) is 0.217. The van der Waals surface area contributed by atoms with Crippen molar-refractivity contribution in [3.8, 4) is 23.7 Å². The molecule has 1 heterocycles. The maximum atomic E-state index is 12.3. The number of aliphatic hydroxyl groups excluding tert-OH is 1. The lowest BCUT2D eigenvalue weighted by molar-refractivity contribution is -0.133. The second kappa shape index (κ2) is 14.6. The second-order valence-corrected chi connectivity index (χ2v) is 9.06. The summed E-state index contributed by atoms with van der Waals surface area (Å²) in [7, 11) is 0. The molecule has 5 N–H and O–H groups in total. The number of amides is 3. The normalized spacial score (nSPS) is 14.8. The third-order valence-electron chi connectivity index (χ3n) is 6.02. The third kappa shape index (κ3) is 9.06. The Hall–Kier alpha value is -4.15. The van der Waals surface area contributed by atoms with E-state index in [0.717, 1.165) is 37.2 Å². The number of aliphatic hydroxyl groups is 1. The molecule has 198 valence electrons. The van der Waals surface area contributed by atoms with Crippen LogP contribution in [0.3, 0.4) is 0 Å². The molecule has 3 rings (SSSR count). The second-order valence-electron chi connectivity index (χ2n) is 9.06. The molecule has 0 aromatic heterocycles. The fourth-order valence-electron chi connectivity index (χ4n) is 3.95. The van der Waals surface area contributed by atoms with E-state index in [-0.39, 0.29) is 11.5 Å². The number of carbonyl (C=O) groups excluding carboxylic acids is 3. The molecule has 2 unspecified atom stereocenters. The predicted molar refractivity (Wildman–Crippen MR) is 143 cm³/mol. The van der Waals surface area contributed by atoms with Gasteiger partial charge in [0.15, 0.2) is 0 Å². The Balaban J connectivity index is 1.51. The summed E-state index contributed by atoms with van der Waals surface area (Å²) in [5.41, 5.74) is 3.80. The molecule has 1 aliphatic rings. The van der Waals surface area contributed by atoms with Crippen molar-refractivity contribution >= 4 is 23.4 Å². The molecule has 9 nitrogen and oxygen atoms in total. The van der Waals surface area contributed by atoms with Crippen LogP contribution < -0.4 is 16.1 Å². The van der Waals surface area contributed by atoms with E-state index in [2.05, 4.69) is 39.2 Å². The number of likely N-dealkylation sites (tertiary alicyclic amines) is 1. The Labute approximate surface area is 222 Å². The summed E-state index contributed by atoms with van der Waals surface area (Å²) < 4.78 is 0. The standard InChI is InChI=1S/C29H32N4O5/c1-21(34)27(29(37)32-38)31-28(36)24-14-10-22(11-15-24)8-4-5-9-23-12-16-25(17-13-23)30-26(35)20-33-18-6-2-3-7-19-33/h10-17,21,27,34,38H,2-3,6-7,18-20H2,1H3,(H,30,35)(H,31,36)(H,32,37). The summed E-state index contributed by atoms with van der Waals surface area (Å²) in [6.07, 6.45) is 3.56. The van der Waals surface area contributed by atoms with Gasteiger partial charge in [0.05, 0.1) is 12.6 Å². The Morgan fingerprint density at radius 1 is 0.895 bits per heavy atom. The van der Waals surface area contributed by atoms with Gasteiger partial charge in [-0.1, -0.05) is 24.7 Å². The van der Waals surface area contributed by atoms with Crippen LogP contribution in [-0.4, -0.2) is 64.7 Å². The van der Waals surface area contributed by atoms with Gasteiger partial charge in [0.2, 0.25) is 5.91 Å². The van der Waals surface area contributed by atoms with Crippen LogP contribution in [0, 0.1) is 23.7 Å². The summed E-state index contributed by atoms with van der Waals surface area (Å²) in [5, 5.41) is 23.7. The summed E-state index contributed by atoms with van der Waals surface area (Å²) in [6, 6.07) is 12.3. The van der Waals surface area contributed by atoms with Crippen LogP contribution in [0.4, 0.5) is 5.69 Å². The predicted octanol–water partition coefficient (Wildman–Crippen LogP) is 1.89. The number of benzene rings is 2. The minimum absolute atomic E-state index is 0.0153. The monoisotopic (exact) mass is 516 g/mol. The van der Waals surface area contributed by atoms with E-state index in [0.29, 0.717) is 12.1 Å². The number of carbonyl (C=O) groups is 3. The average molecular weight is 517 g/mol. The molecule has 0 bridgehead atoms. The zero-order valence-electron chi connectivity index (χ0n) is 21.3. The van der Waals surface area contributed by atoms with E-state index in [9.17, 15) is 19.5 Å². The van der Waals surface area contributed by atoms with Crippen molar-refractivity contribution in [3.05, 3.63) is 65.2 Å². The molecule has 9 heteroatoms. The first-order chi connectivity index (χ1) is 18.4. The molecular formula is C29H32N4O5. The van der Waals surface area contributed by atoms with Crippen molar-refractivity contribution < 1.29 is 24.7 Å². The van der Waals surface area contributed by atoms with Gasteiger partial charge in [-0.15, -0.1) is 0 Å². The molecule has 1 aliphatic heterocycles. The van der Waals surface area contributed by atoms with E-state index in [1.807, 2.05) is 24.3 Å². The van der Waals surface area contributed by atoms with Crippen molar-refractivity contribution in [2.75, 3.05) is 25.0 Å². The van der Waals surface area contributed by atoms with Crippen LogP contribution in [0.5, 0.6) is 0 Å². The molecule has 2 aromatic carbocycles. The van der Waals surface area contributed by atoms with Crippen molar-refractivity contribution in [2.45, 2.75) is 44.8 Å². The van der Waals surface area contributed by atoms with Crippen molar-refractivity contribution in [2.24, 2.45) is 0 Å². The number of hydrogen-bond acceptors (Lipinski definition) is 6. The Morgan fingerprint density at radius 3 is 1.97 bits per heavy atom. The number of anilines is 1. The molecule has 2 aromatic rings. The lowest BCUT2D eigenvalue weighted by atomic mass is 10.1. The lowest BCUT2D eigenvalue weighted by Crippen LogP contribution is -2.51. The molecule has 3 amide bonds. The van der Waals surface area contributed by atoms with Crippen LogP contribution in [0.1, 0.15) is 54.1 Å². The van der Waals surface area contributed by atoms with Gasteiger partial charge >= 0.3 is 0 Å². The third-order valence-corrected chi connectivity index (χ3v) is 6.02. The van der Waals surface area contributed by atoms with Crippen LogP contribution in [0.2, 0.25) is 0 Å². The molecule has 0 spiro atoms. The highest BCUT2D eigenvalue weighted by Gasteiger charge is 2.25. The number of hydrogen-bond donors (Lipinski definition) is 5. The molecule has 38 heavy (non-hydrogen) atoms. The van der Waals surface area contributed by atoms with Crippen molar-refractivity contribution in [1.29, 1.82) is 0 Å². The number of nitrogens with one attached hydrogen (secondary N) is 3. The van der Waals surface area contributed by atoms with Crippen LogP contribution in [0.25, 0.3) is 0 Å². The van der Waals surface area contributed by atoms with Crippen LogP contribution in [0.15, 0.2) is 48.5 Å². The minimum atomic E-state index is -1.29. The van der Waals surface area contributed by atoms with E-state index in [1.165, 1.54) is 37.4 Å². The molecular weight excluding hydrogens is 484 g/mol. The van der Waals surface area contributed by atoms with Gasteiger partial charge in [-0.2, -0.15) is 0 Å². The zero-order valence-corrected chi connectivity index (χ0v) is 21.3. The van der Waals surface area contributed by atoms with Gasteiger partial charge in [-0.25, -0.2) is 5.48 Å². The highest BCUT2D eigenvalue weighted by molar-refractivity contribution is 5.97. The maximum absolute atomic E-state index is 12.3. The highest BCUT2D eigenvalue weighted by atomic mass is 16.5.